The SMILES string of the molecule is COC(=O)[C@@H]1O[C@H](Oc2ccccc2C)[C@@H](O)[C@H](O)[C@H]1O. The Balaban J connectivity index is 2.18. The van der Waals surface area contributed by atoms with Gasteiger partial charge in [-0.05, 0) is 18.6 Å². The number of carbonyl (C=O) groups excluding carboxylic acids is 1. The van der Waals surface area contributed by atoms with Crippen LogP contribution in [0.3, 0.4) is 0 Å². The van der Waals surface area contributed by atoms with Crippen LogP contribution in [0.25, 0.3) is 0 Å². The maximum absolute atomic E-state index is 11.5. The highest BCUT2D eigenvalue weighted by Crippen LogP contribution is 2.26. The molecule has 21 heavy (non-hydrogen) atoms. The van der Waals surface area contributed by atoms with E-state index in [1.807, 2.05) is 6.07 Å². The molecule has 0 amide bonds. The highest BCUT2D eigenvalue weighted by molar-refractivity contribution is 5.75. The number of methoxy groups -OCH3 is 1. The fraction of sp³-hybridized carbons (Fsp3) is 0.500. The van der Waals surface area contributed by atoms with Crippen molar-refractivity contribution < 1.29 is 34.3 Å². The van der Waals surface area contributed by atoms with Gasteiger partial charge < -0.3 is 29.5 Å². The molecule has 0 aliphatic carbocycles. The molecule has 0 saturated carbocycles. The lowest BCUT2D eigenvalue weighted by Crippen LogP contribution is -2.61. The molecule has 1 saturated heterocycles. The molecule has 1 aliphatic heterocycles. The molecule has 0 radical (unpaired) electrons. The van der Waals surface area contributed by atoms with Gasteiger partial charge >= 0.3 is 5.97 Å². The summed E-state index contributed by atoms with van der Waals surface area (Å²) in [7, 11) is 1.13. The zero-order valence-corrected chi connectivity index (χ0v) is 11.7. The number of hydrogen-bond acceptors (Lipinski definition) is 7. The normalized spacial score (nSPS) is 32.5. The molecule has 1 heterocycles. The molecule has 1 aromatic carbocycles. The van der Waals surface area contributed by atoms with Gasteiger partial charge in [0.25, 0.3) is 0 Å². The van der Waals surface area contributed by atoms with Gasteiger partial charge in [0.2, 0.25) is 6.29 Å². The number of esters is 1. The van der Waals surface area contributed by atoms with Crippen molar-refractivity contribution in [1.29, 1.82) is 0 Å². The lowest BCUT2D eigenvalue weighted by atomic mass is 9.99. The second-order valence-electron chi connectivity index (χ2n) is 4.80. The number of aliphatic hydroxyl groups is 3. The number of benzene rings is 1. The minimum absolute atomic E-state index is 0.439. The Kier molecular flexibility index (Phi) is 4.79. The van der Waals surface area contributed by atoms with E-state index < -0.39 is 36.7 Å². The fourth-order valence-electron chi connectivity index (χ4n) is 2.07. The van der Waals surface area contributed by atoms with Crippen LogP contribution in [-0.2, 0) is 14.3 Å². The molecule has 0 aromatic heterocycles. The van der Waals surface area contributed by atoms with Gasteiger partial charge in [-0.2, -0.15) is 0 Å². The van der Waals surface area contributed by atoms with Crippen molar-refractivity contribution in [3.63, 3.8) is 0 Å². The van der Waals surface area contributed by atoms with E-state index in [9.17, 15) is 20.1 Å². The molecule has 2 rings (SSSR count). The Bertz CT molecular complexity index is 504. The quantitative estimate of drug-likeness (QED) is 0.637. The lowest BCUT2D eigenvalue weighted by Gasteiger charge is -2.39. The number of aliphatic hydroxyl groups excluding tert-OH is 3. The van der Waals surface area contributed by atoms with E-state index in [0.29, 0.717) is 5.75 Å². The van der Waals surface area contributed by atoms with Gasteiger partial charge in [-0.3, -0.25) is 0 Å². The molecule has 1 fully saturated rings. The highest BCUT2D eigenvalue weighted by Gasteiger charge is 2.48. The average molecular weight is 298 g/mol. The van der Waals surface area contributed by atoms with Crippen molar-refractivity contribution in [3.05, 3.63) is 29.8 Å². The molecule has 1 aromatic rings. The summed E-state index contributed by atoms with van der Waals surface area (Å²) in [6.45, 7) is 1.80. The fourth-order valence-corrected chi connectivity index (χ4v) is 2.07. The molecular weight excluding hydrogens is 280 g/mol. The van der Waals surface area contributed by atoms with E-state index in [1.54, 1.807) is 25.1 Å². The van der Waals surface area contributed by atoms with Gasteiger partial charge in [0.05, 0.1) is 7.11 Å². The second-order valence-corrected chi connectivity index (χ2v) is 4.80. The van der Waals surface area contributed by atoms with E-state index in [2.05, 4.69) is 4.74 Å². The van der Waals surface area contributed by atoms with E-state index in [-0.39, 0.29) is 0 Å². The van der Waals surface area contributed by atoms with Gasteiger partial charge in [0, 0.05) is 0 Å². The van der Waals surface area contributed by atoms with Crippen LogP contribution in [0.1, 0.15) is 5.56 Å². The minimum atomic E-state index is -1.59. The number of hydrogen-bond donors (Lipinski definition) is 3. The lowest BCUT2D eigenvalue weighted by molar-refractivity contribution is -0.272. The largest absolute Gasteiger partial charge is 0.467 e. The molecule has 1 aliphatic rings. The predicted octanol–water partition coefficient (Wildman–Crippen LogP) is -0.646. The van der Waals surface area contributed by atoms with Gasteiger partial charge in [0.15, 0.2) is 6.10 Å². The molecule has 3 N–H and O–H groups in total. The van der Waals surface area contributed by atoms with Crippen molar-refractivity contribution >= 4 is 5.97 Å². The van der Waals surface area contributed by atoms with Crippen LogP contribution < -0.4 is 4.74 Å². The first kappa shape index (κ1) is 15.7. The number of carbonyl (C=O) groups is 1. The zero-order valence-electron chi connectivity index (χ0n) is 11.7. The summed E-state index contributed by atoms with van der Waals surface area (Å²) in [5.74, 6) is -0.416. The first-order valence-corrected chi connectivity index (χ1v) is 6.45. The molecule has 7 nitrogen and oxygen atoms in total. The van der Waals surface area contributed by atoms with E-state index in [0.717, 1.165) is 12.7 Å². The molecule has 7 heteroatoms. The van der Waals surface area contributed by atoms with E-state index in [4.69, 9.17) is 9.47 Å². The molecule has 0 unspecified atom stereocenters. The molecule has 0 spiro atoms. The Hall–Kier alpha value is -1.67. The Morgan fingerprint density at radius 1 is 1.14 bits per heavy atom. The van der Waals surface area contributed by atoms with Crippen LogP contribution in [-0.4, -0.2) is 59.1 Å². The van der Waals surface area contributed by atoms with Crippen molar-refractivity contribution in [1.82, 2.24) is 0 Å². The highest BCUT2D eigenvalue weighted by atomic mass is 16.7. The smallest absolute Gasteiger partial charge is 0.337 e. The van der Waals surface area contributed by atoms with E-state index >= 15 is 0 Å². The number of aryl methyl sites for hydroxylation is 1. The van der Waals surface area contributed by atoms with Crippen LogP contribution >= 0.6 is 0 Å². The summed E-state index contributed by atoms with van der Waals surface area (Å²) < 4.78 is 15.2. The number of rotatable bonds is 3. The third kappa shape index (κ3) is 3.16. The summed E-state index contributed by atoms with van der Waals surface area (Å²) in [5, 5.41) is 29.5. The topological polar surface area (TPSA) is 105 Å². The first-order chi connectivity index (χ1) is 9.95. The predicted molar refractivity (Wildman–Crippen MR) is 70.5 cm³/mol. The van der Waals surface area contributed by atoms with E-state index in [1.165, 1.54) is 0 Å². The average Bonchev–Trinajstić information content (AvgIpc) is 2.49. The van der Waals surface area contributed by atoms with Gasteiger partial charge in [-0.1, -0.05) is 18.2 Å². The van der Waals surface area contributed by atoms with Crippen molar-refractivity contribution in [2.24, 2.45) is 0 Å². The van der Waals surface area contributed by atoms with Gasteiger partial charge in [-0.15, -0.1) is 0 Å². The Morgan fingerprint density at radius 2 is 1.81 bits per heavy atom. The van der Waals surface area contributed by atoms with Gasteiger partial charge in [0.1, 0.15) is 24.1 Å². The maximum Gasteiger partial charge on any atom is 0.337 e. The summed E-state index contributed by atoms with van der Waals surface area (Å²) in [4.78, 5) is 11.5. The van der Waals surface area contributed by atoms with Crippen molar-refractivity contribution in [2.75, 3.05) is 7.11 Å². The molecule has 5 atom stereocenters. The first-order valence-electron chi connectivity index (χ1n) is 6.45. The van der Waals surface area contributed by atoms with Crippen LogP contribution in [0.4, 0.5) is 0 Å². The summed E-state index contributed by atoms with van der Waals surface area (Å²) in [5.41, 5.74) is 0.795. The van der Waals surface area contributed by atoms with Crippen molar-refractivity contribution in [2.45, 2.75) is 37.6 Å². The summed E-state index contributed by atoms with van der Waals surface area (Å²) in [6, 6.07) is 7.01. The number of ether oxygens (including phenoxy) is 3. The Morgan fingerprint density at radius 3 is 2.43 bits per heavy atom. The standard InChI is InChI=1S/C14H18O7/c1-7-5-3-4-6-8(7)20-14-11(17)9(15)10(16)12(21-14)13(18)19-2/h3-6,9-12,14-17H,1-2H3/t9-,10-,11+,12-,14+/m1/s1. The van der Waals surface area contributed by atoms with Crippen LogP contribution in [0.5, 0.6) is 5.75 Å². The maximum atomic E-state index is 11.5. The second kappa shape index (κ2) is 6.40. The zero-order chi connectivity index (χ0) is 15.6. The number of para-hydroxylation sites is 1. The summed E-state index contributed by atoms with van der Waals surface area (Å²) >= 11 is 0. The Labute approximate surface area is 121 Å². The van der Waals surface area contributed by atoms with Crippen molar-refractivity contribution in [3.8, 4) is 5.75 Å². The third-order valence-corrected chi connectivity index (χ3v) is 3.34. The van der Waals surface area contributed by atoms with Crippen LogP contribution in [0.15, 0.2) is 24.3 Å². The monoisotopic (exact) mass is 298 g/mol. The minimum Gasteiger partial charge on any atom is -0.467 e. The van der Waals surface area contributed by atoms with Crippen LogP contribution in [0.2, 0.25) is 0 Å². The summed E-state index contributed by atoms with van der Waals surface area (Å²) in [6.07, 6.45) is -7.41. The van der Waals surface area contributed by atoms with Gasteiger partial charge in [-0.25, -0.2) is 4.79 Å². The van der Waals surface area contributed by atoms with Crippen LogP contribution in [0, 0.1) is 6.92 Å². The molecule has 0 bridgehead atoms. The molecule has 116 valence electrons. The third-order valence-electron chi connectivity index (χ3n) is 3.34. The molecular formula is C14H18O7.